The Morgan fingerprint density at radius 2 is 1.79 bits per heavy atom. The van der Waals surface area contributed by atoms with E-state index in [2.05, 4.69) is 0 Å². The molecule has 0 amide bonds. The summed E-state index contributed by atoms with van der Waals surface area (Å²) in [7, 11) is -3.69. The molecule has 7 nitrogen and oxygen atoms in total. The van der Waals surface area contributed by atoms with Crippen molar-refractivity contribution in [3.63, 3.8) is 0 Å². The van der Waals surface area contributed by atoms with E-state index in [1.165, 1.54) is 28.6 Å². The van der Waals surface area contributed by atoms with Crippen LogP contribution in [0.4, 0.5) is 4.39 Å². The molecule has 1 aliphatic carbocycles. The van der Waals surface area contributed by atoms with Crippen molar-refractivity contribution < 1.29 is 31.9 Å². The second-order valence-corrected chi connectivity index (χ2v) is 10.3. The molecule has 0 aromatic heterocycles. The molecule has 2 aliphatic rings. The zero-order valence-corrected chi connectivity index (χ0v) is 19.4. The number of carbonyl (C=O) groups excluding carboxylic acids is 2. The van der Waals surface area contributed by atoms with Crippen LogP contribution in [0, 0.1) is 11.7 Å². The van der Waals surface area contributed by atoms with Gasteiger partial charge in [0.15, 0.2) is 5.78 Å². The number of fused-ring (bicyclic) bond motifs is 1. The fraction of sp³-hybridized carbons (Fsp3) is 0.417. The molecule has 0 spiro atoms. The van der Waals surface area contributed by atoms with Crippen LogP contribution in [0.15, 0.2) is 41.3 Å². The third-order valence-corrected chi connectivity index (χ3v) is 8.10. The zero-order valence-electron chi connectivity index (χ0n) is 18.5. The average Bonchev–Trinajstić information content (AvgIpc) is 3.11. The highest BCUT2D eigenvalue weighted by Gasteiger charge is 2.36. The lowest BCUT2D eigenvalue weighted by atomic mass is 9.98. The maximum atomic E-state index is 14.2. The van der Waals surface area contributed by atoms with Gasteiger partial charge in [0.2, 0.25) is 10.0 Å². The van der Waals surface area contributed by atoms with Crippen LogP contribution in [0.2, 0.25) is 0 Å². The van der Waals surface area contributed by atoms with Crippen LogP contribution < -0.4 is 9.47 Å². The molecule has 0 N–H and O–H groups in total. The summed E-state index contributed by atoms with van der Waals surface area (Å²) in [4.78, 5) is 25.2. The minimum absolute atomic E-state index is 0.0789. The lowest BCUT2D eigenvalue weighted by molar-refractivity contribution is -0.140. The van der Waals surface area contributed by atoms with Gasteiger partial charge in [-0.25, -0.2) is 12.8 Å². The fourth-order valence-corrected chi connectivity index (χ4v) is 5.93. The van der Waals surface area contributed by atoms with Gasteiger partial charge in [0, 0.05) is 25.1 Å². The van der Waals surface area contributed by atoms with Gasteiger partial charge >= 0.3 is 5.97 Å². The smallest absolute Gasteiger partial charge is 0.314 e. The van der Waals surface area contributed by atoms with Crippen molar-refractivity contribution in [3.8, 4) is 11.5 Å². The van der Waals surface area contributed by atoms with Gasteiger partial charge < -0.3 is 9.47 Å². The Kier molecular flexibility index (Phi) is 6.54. The predicted octanol–water partition coefficient (Wildman–Crippen LogP) is 3.92. The summed E-state index contributed by atoms with van der Waals surface area (Å²) in [6.45, 7) is 4.45. The van der Waals surface area contributed by atoms with E-state index < -0.39 is 27.7 Å². The largest absolute Gasteiger partial charge is 0.494 e. The average molecular weight is 476 g/mol. The number of benzene rings is 2. The normalized spacial score (nSPS) is 19.4. The number of hydrogen-bond donors (Lipinski definition) is 0. The van der Waals surface area contributed by atoms with Gasteiger partial charge in [0.25, 0.3) is 0 Å². The van der Waals surface area contributed by atoms with Crippen LogP contribution in [-0.2, 0) is 14.8 Å². The van der Waals surface area contributed by atoms with Crippen LogP contribution in [0.5, 0.6) is 11.5 Å². The van der Waals surface area contributed by atoms with E-state index in [0.717, 1.165) is 0 Å². The first-order valence-electron chi connectivity index (χ1n) is 11.0. The van der Waals surface area contributed by atoms with Crippen LogP contribution in [0.1, 0.15) is 54.9 Å². The minimum atomic E-state index is -3.69. The molecule has 2 aromatic rings. The quantitative estimate of drug-likeness (QED) is 0.465. The minimum Gasteiger partial charge on any atom is -0.494 e. The van der Waals surface area contributed by atoms with Crippen molar-refractivity contribution in [2.24, 2.45) is 5.92 Å². The van der Waals surface area contributed by atoms with E-state index in [-0.39, 0.29) is 47.4 Å². The van der Waals surface area contributed by atoms with Crippen molar-refractivity contribution in [3.05, 3.63) is 53.3 Å². The third kappa shape index (κ3) is 4.52. The van der Waals surface area contributed by atoms with E-state index in [0.29, 0.717) is 30.8 Å². The van der Waals surface area contributed by atoms with Crippen LogP contribution >= 0.6 is 0 Å². The summed E-state index contributed by atoms with van der Waals surface area (Å²) in [5, 5.41) is 0. The van der Waals surface area contributed by atoms with Crippen molar-refractivity contribution in [2.45, 2.75) is 43.9 Å². The van der Waals surface area contributed by atoms with Crippen molar-refractivity contribution in [2.75, 3.05) is 19.7 Å². The molecule has 4 rings (SSSR count). The molecule has 1 heterocycles. The highest BCUT2D eigenvalue weighted by molar-refractivity contribution is 7.89. The number of Topliss-reactive ketones (excluding diaryl/α,β-unsaturated/α-hetero) is 1. The first-order valence-corrected chi connectivity index (χ1v) is 12.5. The number of nitrogens with zero attached hydrogens (tertiary/aromatic N) is 1. The van der Waals surface area contributed by atoms with E-state index in [4.69, 9.17) is 9.47 Å². The monoisotopic (exact) mass is 475 g/mol. The number of halogens is 1. The van der Waals surface area contributed by atoms with Crippen LogP contribution in [0.3, 0.4) is 0 Å². The standard InChI is InChI=1S/C24H26FNO6S/c1-3-31-17-4-6-18(7-5-17)33(29,30)26-12-10-16(11-13-26)24(28)32-21-9-8-19(25)22-15(2)14-20(27)23(21)22/h4-9,15-16H,3,10-14H2,1-2H3. The lowest BCUT2D eigenvalue weighted by Gasteiger charge is -2.30. The number of sulfonamides is 1. The van der Waals surface area contributed by atoms with Gasteiger partial charge in [0.1, 0.15) is 17.3 Å². The van der Waals surface area contributed by atoms with E-state index in [1.54, 1.807) is 19.1 Å². The second kappa shape index (κ2) is 9.23. The lowest BCUT2D eigenvalue weighted by Crippen LogP contribution is -2.41. The molecule has 0 radical (unpaired) electrons. The van der Waals surface area contributed by atoms with Gasteiger partial charge in [-0.3, -0.25) is 9.59 Å². The molecular formula is C24H26FNO6S. The second-order valence-electron chi connectivity index (χ2n) is 8.37. The van der Waals surface area contributed by atoms with Crippen molar-refractivity contribution >= 4 is 21.8 Å². The SMILES string of the molecule is CCOc1ccc(S(=O)(=O)N2CCC(C(=O)Oc3ccc(F)c4c3C(=O)CC4C)CC2)cc1. The molecule has 33 heavy (non-hydrogen) atoms. The fourth-order valence-electron chi connectivity index (χ4n) is 4.46. The molecule has 0 bridgehead atoms. The molecule has 1 fully saturated rings. The molecule has 0 saturated carbocycles. The van der Waals surface area contributed by atoms with Gasteiger partial charge in [-0.2, -0.15) is 4.31 Å². The van der Waals surface area contributed by atoms with E-state index in [1.807, 2.05) is 6.92 Å². The van der Waals surface area contributed by atoms with E-state index >= 15 is 0 Å². The molecule has 2 aromatic carbocycles. The molecule has 9 heteroatoms. The summed E-state index contributed by atoms with van der Waals surface area (Å²) in [5.41, 5.74) is 0.438. The Morgan fingerprint density at radius 3 is 2.42 bits per heavy atom. The number of esters is 1. The Hall–Kier alpha value is -2.78. The Morgan fingerprint density at radius 1 is 1.12 bits per heavy atom. The number of ketones is 1. The number of hydrogen-bond acceptors (Lipinski definition) is 6. The van der Waals surface area contributed by atoms with Gasteiger partial charge in [-0.05, 0) is 62.1 Å². The number of piperidine rings is 1. The Balaban J connectivity index is 1.41. The zero-order chi connectivity index (χ0) is 23.8. The first-order chi connectivity index (χ1) is 15.7. The number of rotatable bonds is 6. The van der Waals surface area contributed by atoms with Crippen LogP contribution in [0.25, 0.3) is 0 Å². The molecule has 1 saturated heterocycles. The highest BCUT2D eigenvalue weighted by Crippen LogP contribution is 2.40. The maximum Gasteiger partial charge on any atom is 0.314 e. The van der Waals surface area contributed by atoms with Gasteiger partial charge in [-0.15, -0.1) is 0 Å². The van der Waals surface area contributed by atoms with Crippen molar-refractivity contribution in [1.29, 1.82) is 0 Å². The van der Waals surface area contributed by atoms with Crippen LogP contribution in [-0.4, -0.2) is 44.2 Å². The van der Waals surface area contributed by atoms with E-state index in [9.17, 15) is 22.4 Å². The molecule has 1 atom stereocenters. The maximum absolute atomic E-state index is 14.2. The molecular weight excluding hydrogens is 449 g/mol. The predicted molar refractivity (Wildman–Crippen MR) is 118 cm³/mol. The van der Waals surface area contributed by atoms with Crippen molar-refractivity contribution in [1.82, 2.24) is 4.31 Å². The van der Waals surface area contributed by atoms with Gasteiger partial charge in [0.05, 0.1) is 23.0 Å². The molecule has 176 valence electrons. The number of carbonyl (C=O) groups is 2. The summed E-state index contributed by atoms with van der Waals surface area (Å²) >= 11 is 0. The summed E-state index contributed by atoms with van der Waals surface area (Å²) < 4.78 is 52.3. The summed E-state index contributed by atoms with van der Waals surface area (Å²) in [6.07, 6.45) is 0.772. The highest BCUT2D eigenvalue weighted by atomic mass is 32.2. The Labute approximate surface area is 192 Å². The number of ether oxygens (including phenoxy) is 2. The topological polar surface area (TPSA) is 90.0 Å². The Bertz CT molecular complexity index is 1170. The summed E-state index contributed by atoms with van der Waals surface area (Å²) in [6, 6.07) is 8.77. The third-order valence-electron chi connectivity index (χ3n) is 6.19. The molecule has 1 aliphatic heterocycles. The first kappa shape index (κ1) is 23.4. The summed E-state index contributed by atoms with van der Waals surface area (Å²) in [5.74, 6) is -1.34. The molecule has 1 unspecified atom stereocenters. The van der Waals surface area contributed by atoms with Gasteiger partial charge in [-0.1, -0.05) is 6.92 Å².